The van der Waals surface area contributed by atoms with Crippen molar-refractivity contribution < 1.29 is 0 Å². The highest BCUT2D eigenvalue weighted by Crippen LogP contribution is 2.41. The number of aromatic nitrogens is 1. The Morgan fingerprint density at radius 3 is 1.38 bits per heavy atom. The normalized spacial score (nSPS) is 11.9. The maximum atomic E-state index is 7.03. The topological polar surface area (TPSA) is 30.9 Å². The summed E-state index contributed by atoms with van der Waals surface area (Å²) in [4.78, 5) is 0. The zero-order valence-electron chi connectivity index (χ0n) is 17.4. The number of hydrogen-bond acceptors (Lipinski definition) is 1. The number of para-hydroxylation sites is 2. The molecule has 2 nitrogen and oxygen atoms in total. The molecule has 6 aromatic carbocycles. The first kappa shape index (κ1) is 17.4. The molecule has 0 radical (unpaired) electrons. The highest BCUT2D eigenvalue weighted by atomic mass is 15.0. The van der Waals surface area contributed by atoms with E-state index in [2.05, 4.69) is 114 Å². The number of hydrogen-bond donors (Lipinski definition) is 1. The lowest BCUT2D eigenvalue weighted by Crippen LogP contribution is -2.01. The molecule has 1 heterocycles. The molecule has 0 unspecified atom stereocenters. The maximum Gasteiger partial charge on any atom is 0.0698 e. The molecule has 0 aliphatic carbocycles. The fraction of sp³-hybridized carbons (Fsp3) is 0. The minimum Gasteiger partial charge on any atom is -0.397 e. The third-order valence-electron chi connectivity index (χ3n) is 6.75. The van der Waals surface area contributed by atoms with E-state index in [1.807, 2.05) is 0 Å². The van der Waals surface area contributed by atoms with Crippen LogP contribution in [0.1, 0.15) is 0 Å². The first-order chi connectivity index (χ1) is 15.8. The summed E-state index contributed by atoms with van der Waals surface area (Å²) in [6.07, 6.45) is 0. The van der Waals surface area contributed by atoms with Crippen molar-refractivity contribution in [3.63, 3.8) is 0 Å². The van der Waals surface area contributed by atoms with Crippen molar-refractivity contribution in [1.29, 1.82) is 0 Å². The molecule has 7 rings (SSSR count). The Labute approximate surface area is 185 Å². The van der Waals surface area contributed by atoms with Gasteiger partial charge in [0.05, 0.1) is 22.4 Å². The largest absolute Gasteiger partial charge is 0.397 e. The molecule has 0 aliphatic rings. The van der Waals surface area contributed by atoms with E-state index in [0.717, 1.165) is 16.8 Å². The fourth-order valence-electron chi connectivity index (χ4n) is 5.39. The fourth-order valence-corrected chi connectivity index (χ4v) is 5.39. The van der Waals surface area contributed by atoms with Gasteiger partial charge in [0.25, 0.3) is 0 Å². The minimum atomic E-state index is 0.816. The van der Waals surface area contributed by atoms with Crippen molar-refractivity contribution >= 4 is 59.8 Å². The van der Waals surface area contributed by atoms with Crippen LogP contribution in [0.3, 0.4) is 0 Å². The van der Waals surface area contributed by atoms with Gasteiger partial charge >= 0.3 is 0 Å². The van der Waals surface area contributed by atoms with Crippen molar-refractivity contribution in [2.45, 2.75) is 0 Å². The average molecular weight is 409 g/mol. The molecule has 0 atom stereocenters. The van der Waals surface area contributed by atoms with Gasteiger partial charge in [-0.05, 0) is 45.1 Å². The summed E-state index contributed by atoms with van der Waals surface area (Å²) in [6, 6.07) is 38.7. The van der Waals surface area contributed by atoms with Gasteiger partial charge in [0.2, 0.25) is 0 Å². The quantitative estimate of drug-likeness (QED) is 0.218. The van der Waals surface area contributed by atoms with Crippen LogP contribution in [0.4, 0.5) is 5.69 Å². The monoisotopic (exact) mass is 408 g/mol. The zero-order valence-corrected chi connectivity index (χ0v) is 17.4. The first-order valence-electron chi connectivity index (χ1n) is 10.9. The minimum absolute atomic E-state index is 0.816. The Morgan fingerprint density at radius 1 is 0.406 bits per heavy atom. The lowest BCUT2D eigenvalue weighted by atomic mass is 9.93. The van der Waals surface area contributed by atoms with Crippen LogP contribution in [0.2, 0.25) is 0 Å². The summed E-state index contributed by atoms with van der Waals surface area (Å²) in [6.45, 7) is 0. The van der Waals surface area contributed by atoms with E-state index in [0.29, 0.717) is 0 Å². The summed E-state index contributed by atoms with van der Waals surface area (Å²) < 4.78 is 2.31. The molecule has 150 valence electrons. The molecule has 0 bridgehead atoms. The van der Waals surface area contributed by atoms with Crippen LogP contribution < -0.4 is 5.73 Å². The van der Waals surface area contributed by atoms with Gasteiger partial charge in [0.15, 0.2) is 0 Å². The molecular formula is C30H20N2. The van der Waals surface area contributed by atoms with Crippen molar-refractivity contribution in [3.05, 3.63) is 109 Å². The second-order valence-electron chi connectivity index (χ2n) is 8.38. The Morgan fingerprint density at radius 2 is 0.812 bits per heavy atom. The molecule has 0 aliphatic heterocycles. The number of anilines is 1. The predicted octanol–water partition coefficient (Wildman–Crippen LogP) is 7.83. The Balaban J connectivity index is 1.70. The molecule has 1 aromatic heterocycles. The Hall–Kier alpha value is -4.30. The van der Waals surface area contributed by atoms with Crippen LogP contribution in [0.25, 0.3) is 59.8 Å². The number of rotatable bonds is 1. The van der Waals surface area contributed by atoms with Crippen LogP contribution in [-0.2, 0) is 0 Å². The number of benzene rings is 6. The van der Waals surface area contributed by atoms with Gasteiger partial charge in [0.1, 0.15) is 0 Å². The lowest BCUT2D eigenvalue weighted by Gasteiger charge is -2.17. The summed E-state index contributed by atoms with van der Waals surface area (Å²) in [5.74, 6) is 0. The van der Waals surface area contributed by atoms with Crippen molar-refractivity contribution in [3.8, 4) is 5.69 Å². The highest BCUT2D eigenvalue weighted by Gasteiger charge is 2.17. The molecule has 0 fully saturated rings. The van der Waals surface area contributed by atoms with Crippen LogP contribution in [0.15, 0.2) is 109 Å². The van der Waals surface area contributed by atoms with Crippen molar-refractivity contribution in [2.24, 2.45) is 0 Å². The van der Waals surface area contributed by atoms with E-state index >= 15 is 0 Å². The second kappa shape index (κ2) is 6.35. The molecule has 0 spiro atoms. The van der Waals surface area contributed by atoms with E-state index in [1.54, 1.807) is 0 Å². The molecule has 0 saturated carbocycles. The highest BCUT2D eigenvalue weighted by molar-refractivity contribution is 6.29. The van der Waals surface area contributed by atoms with E-state index in [4.69, 9.17) is 5.73 Å². The third kappa shape index (κ3) is 2.19. The van der Waals surface area contributed by atoms with Crippen LogP contribution >= 0.6 is 0 Å². The van der Waals surface area contributed by atoms with Crippen LogP contribution in [-0.4, -0.2) is 4.57 Å². The van der Waals surface area contributed by atoms with E-state index in [1.165, 1.54) is 48.7 Å². The number of nitrogens with two attached hydrogens (primary N) is 1. The molecule has 2 N–H and O–H groups in total. The van der Waals surface area contributed by atoms with Gasteiger partial charge in [0, 0.05) is 16.2 Å². The molecule has 2 heteroatoms. The lowest BCUT2D eigenvalue weighted by molar-refractivity contribution is 1.19. The van der Waals surface area contributed by atoms with E-state index in [-0.39, 0.29) is 0 Å². The summed E-state index contributed by atoms with van der Waals surface area (Å²) in [5, 5.41) is 9.74. The number of fused-ring (bicyclic) bond motifs is 9. The standard InChI is InChI=1S/C30H20N2/c31-30-28(32-26-15-7-5-12-22(26)23-13-6-8-16-27(23)32)18-17-25-21-11-2-1-9-19(21)20-10-3-4-14-24(20)29(25)30/h1-18H,31H2. The summed E-state index contributed by atoms with van der Waals surface area (Å²) in [7, 11) is 0. The first-order valence-corrected chi connectivity index (χ1v) is 10.9. The zero-order chi connectivity index (χ0) is 21.2. The van der Waals surface area contributed by atoms with Gasteiger partial charge < -0.3 is 10.3 Å². The van der Waals surface area contributed by atoms with Gasteiger partial charge in [-0.15, -0.1) is 0 Å². The predicted molar refractivity (Wildman–Crippen MR) is 138 cm³/mol. The SMILES string of the molecule is Nc1c(-n2c3ccccc3c3ccccc32)ccc2c3ccccc3c3ccccc3c12. The van der Waals surface area contributed by atoms with Crippen LogP contribution in [0, 0.1) is 0 Å². The van der Waals surface area contributed by atoms with E-state index in [9.17, 15) is 0 Å². The molecule has 0 amide bonds. The van der Waals surface area contributed by atoms with Gasteiger partial charge in [-0.1, -0.05) is 91.0 Å². The van der Waals surface area contributed by atoms with Crippen molar-refractivity contribution in [2.75, 3.05) is 5.73 Å². The Kier molecular flexibility index (Phi) is 3.45. The maximum absolute atomic E-state index is 7.03. The number of nitrogens with zero attached hydrogens (tertiary/aromatic N) is 1. The molecular weight excluding hydrogens is 388 g/mol. The van der Waals surface area contributed by atoms with Gasteiger partial charge in [-0.2, -0.15) is 0 Å². The van der Waals surface area contributed by atoms with Crippen LogP contribution in [0.5, 0.6) is 0 Å². The van der Waals surface area contributed by atoms with Gasteiger partial charge in [-0.3, -0.25) is 0 Å². The molecule has 0 saturated heterocycles. The smallest absolute Gasteiger partial charge is 0.0698 e. The van der Waals surface area contributed by atoms with Gasteiger partial charge in [-0.25, -0.2) is 0 Å². The number of nitrogen functional groups attached to an aromatic ring is 1. The second-order valence-corrected chi connectivity index (χ2v) is 8.38. The molecule has 32 heavy (non-hydrogen) atoms. The average Bonchev–Trinajstić information content (AvgIpc) is 3.19. The third-order valence-corrected chi connectivity index (χ3v) is 6.75. The molecule has 7 aromatic rings. The summed E-state index contributed by atoms with van der Waals surface area (Å²) in [5.41, 5.74) is 11.2. The van der Waals surface area contributed by atoms with E-state index < -0.39 is 0 Å². The van der Waals surface area contributed by atoms with Crippen molar-refractivity contribution in [1.82, 2.24) is 4.57 Å². The summed E-state index contributed by atoms with van der Waals surface area (Å²) >= 11 is 0. The Bertz CT molecular complexity index is 1750.